The second-order valence-electron chi connectivity index (χ2n) is 5.15. The summed E-state index contributed by atoms with van der Waals surface area (Å²) in [6.07, 6.45) is -0.0123. The summed E-state index contributed by atoms with van der Waals surface area (Å²) in [6, 6.07) is 0. The molecule has 0 spiro atoms. The molecule has 0 aromatic rings. The van der Waals surface area contributed by atoms with Gasteiger partial charge in [-0.3, -0.25) is 14.5 Å². The van der Waals surface area contributed by atoms with E-state index in [2.05, 4.69) is 0 Å². The Labute approximate surface area is 130 Å². The van der Waals surface area contributed by atoms with Crippen LogP contribution in [0.15, 0.2) is 10.6 Å². The van der Waals surface area contributed by atoms with Crippen molar-refractivity contribution < 1.29 is 34.4 Å². The fourth-order valence-corrected chi connectivity index (χ4v) is 4.31. The van der Waals surface area contributed by atoms with Crippen molar-refractivity contribution in [2.45, 2.75) is 37.3 Å². The van der Waals surface area contributed by atoms with E-state index in [1.165, 1.54) is 6.92 Å². The Morgan fingerprint density at radius 2 is 2.14 bits per heavy atom. The number of aliphatic carboxylic acids is 2. The molecule has 9 heteroatoms. The molecule has 0 aromatic heterocycles. The van der Waals surface area contributed by atoms with Crippen LogP contribution in [0, 0.1) is 5.92 Å². The molecule has 0 aromatic carbocycles. The second kappa shape index (κ2) is 6.67. The van der Waals surface area contributed by atoms with Crippen molar-refractivity contribution in [1.29, 1.82) is 0 Å². The maximum absolute atomic E-state index is 11.5. The van der Waals surface area contributed by atoms with Crippen LogP contribution in [0.1, 0.15) is 19.8 Å². The molecule has 2 aliphatic rings. The summed E-state index contributed by atoms with van der Waals surface area (Å²) < 4.78 is 5.46. The van der Waals surface area contributed by atoms with Crippen molar-refractivity contribution in [2.75, 3.05) is 6.61 Å². The van der Waals surface area contributed by atoms with E-state index in [1.807, 2.05) is 0 Å². The lowest BCUT2D eigenvalue weighted by Gasteiger charge is -2.28. The number of hydrogen-bond donors (Lipinski definition) is 3. The quantitative estimate of drug-likeness (QED) is 0.584. The maximum atomic E-state index is 11.5. The molecule has 0 saturated carbocycles. The van der Waals surface area contributed by atoms with Gasteiger partial charge in [-0.2, -0.15) is 0 Å². The molecular formula is C13H17NO7S. The number of aliphatic hydroxyl groups excluding tert-OH is 1. The van der Waals surface area contributed by atoms with E-state index >= 15 is 0 Å². The summed E-state index contributed by atoms with van der Waals surface area (Å²) in [5.41, 5.74) is -0.260. The lowest BCUT2D eigenvalue weighted by molar-refractivity contribution is -0.148. The highest BCUT2D eigenvalue weighted by Crippen LogP contribution is 2.45. The van der Waals surface area contributed by atoms with Crippen molar-refractivity contribution in [3.63, 3.8) is 0 Å². The number of ether oxygens (including phenoxy) is 1. The van der Waals surface area contributed by atoms with Crippen LogP contribution in [-0.4, -0.2) is 62.8 Å². The standard InChI is InChI=1S/C13H17NO7S/c1-6(16)8(12(17)18)11-14(5-15)9(13(19)20)10(22-11)7-3-2-4-21-7/h5-8,11,16H,2-4H2,1H3,(H,17,18)(H,19,20)/t6-,7-,8-,11-/m1/s1. The summed E-state index contributed by atoms with van der Waals surface area (Å²) >= 11 is 0.969. The predicted octanol–water partition coefficient (Wildman–Crippen LogP) is 0.0745. The first kappa shape index (κ1) is 16.8. The van der Waals surface area contributed by atoms with Crippen molar-refractivity contribution in [3.8, 4) is 0 Å². The Morgan fingerprint density at radius 1 is 1.45 bits per heavy atom. The van der Waals surface area contributed by atoms with Gasteiger partial charge in [-0.15, -0.1) is 0 Å². The van der Waals surface area contributed by atoms with Crippen LogP contribution < -0.4 is 0 Å². The molecule has 1 amide bonds. The predicted molar refractivity (Wildman–Crippen MR) is 75.7 cm³/mol. The summed E-state index contributed by atoms with van der Waals surface area (Å²) in [6.45, 7) is 1.79. The van der Waals surface area contributed by atoms with Crippen LogP contribution in [-0.2, 0) is 19.1 Å². The third-order valence-corrected chi connectivity index (χ3v) is 5.14. The van der Waals surface area contributed by atoms with Gasteiger partial charge in [0.1, 0.15) is 17.0 Å². The highest BCUT2D eigenvalue weighted by Gasteiger charge is 2.47. The van der Waals surface area contributed by atoms with Crippen molar-refractivity contribution in [3.05, 3.63) is 10.6 Å². The number of carbonyl (C=O) groups excluding carboxylic acids is 1. The molecule has 0 radical (unpaired) electrons. The zero-order chi connectivity index (χ0) is 16.4. The van der Waals surface area contributed by atoms with Gasteiger partial charge in [-0.1, -0.05) is 11.8 Å². The van der Waals surface area contributed by atoms with Crippen molar-refractivity contribution in [2.24, 2.45) is 5.92 Å². The molecule has 2 heterocycles. The molecule has 0 aliphatic carbocycles. The maximum Gasteiger partial charge on any atom is 0.353 e. The molecule has 4 atom stereocenters. The number of rotatable bonds is 6. The summed E-state index contributed by atoms with van der Waals surface area (Å²) in [5.74, 6) is -3.91. The Hall–Kier alpha value is -1.58. The molecule has 8 nitrogen and oxygen atoms in total. The minimum absolute atomic E-state index is 0.260. The minimum atomic E-state index is -1.32. The number of thioether (sulfide) groups is 1. The van der Waals surface area contributed by atoms with E-state index in [4.69, 9.17) is 4.74 Å². The van der Waals surface area contributed by atoms with Crippen molar-refractivity contribution >= 4 is 30.1 Å². The second-order valence-corrected chi connectivity index (χ2v) is 6.30. The third kappa shape index (κ3) is 2.96. The Kier molecular flexibility index (Phi) is 5.09. The van der Waals surface area contributed by atoms with Crippen LogP contribution in [0.3, 0.4) is 0 Å². The number of carbonyl (C=O) groups is 3. The van der Waals surface area contributed by atoms with Crippen LogP contribution in [0.2, 0.25) is 0 Å². The molecule has 3 N–H and O–H groups in total. The number of carboxylic acids is 2. The Bertz CT molecular complexity index is 513. The summed E-state index contributed by atoms with van der Waals surface area (Å²) in [4.78, 5) is 35.4. The zero-order valence-corrected chi connectivity index (χ0v) is 12.7. The molecule has 2 aliphatic heterocycles. The lowest BCUT2D eigenvalue weighted by Crippen LogP contribution is -2.43. The first-order valence-electron chi connectivity index (χ1n) is 6.78. The van der Waals surface area contributed by atoms with Gasteiger partial charge in [0, 0.05) is 11.5 Å². The fraction of sp³-hybridized carbons (Fsp3) is 0.615. The molecule has 22 heavy (non-hydrogen) atoms. The van der Waals surface area contributed by atoms with E-state index in [1.54, 1.807) is 0 Å². The van der Waals surface area contributed by atoms with E-state index < -0.39 is 35.4 Å². The zero-order valence-electron chi connectivity index (χ0n) is 11.8. The highest BCUT2D eigenvalue weighted by atomic mass is 32.2. The van der Waals surface area contributed by atoms with Gasteiger partial charge in [-0.25, -0.2) is 4.79 Å². The number of aliphatic hydroxyl groups is 1. The van der Waals surface area contributed by atoms with Crippen LogP contribution in [0.4, 0.5) is 0 Å². The smallest absolute Gasteiger partial charge is 0.353 e. The molecule has 1 fully saturated rings. The molecule has 0 bridgehead atoms. The van der Waals surface area contributed by atoms with Gasteiger partial charge in [0.25, 0.3) is 0 Å². The van der Waals surface area contributed by atoms with Gasteiger partial charge in [0.15, 0.2) is 0 Å². The first-order chi connectivity index (χ1) is 10.4. The number of amides is 1. The third-order valence-electron chi connectivity index (χ3n) is 3.66. The van der Waals surface area contributed by atoms with Gasteiger partial charge in [-0.05, 0) is 19.8 Å². The Morgan fingerprint density at radius 3 is 2.55 bits per heavy atom. The van der Waals surface area contributed by atoms with E-state index in [9.17, 15) is 29.7 Å². The van der Waals surface area contributed by atoms with E-state index in [0.29, 0.717) is 24.3 Å². The monoisotopic (exact) mass is 331 g/mol. The van der Waals surface area contributed by atoms with Gasteiger partial charge < -0.3 is 20.1 Å². The lowest BCUT2D eigenvalue weighted by atomic mass is 10.0. The topological polar surface area (TPSA) is 124 Å². The Balaban J connectivity index is 2.39. The average Bonchev–Trinajstić information content (AvgIpc) is 3.03. The molecule has 2 rings (SSSR count). The first-order valence-corrected chi connectivity index (χ1v) is 7.66. The number of hydrogen-bond acceptors (Lipinski definition) is 6. The normalized spacial score (nSPS) is 27.8. The van der Waals surface area contributed by atoms with Crippen LogP contribution >= 0.6 is 11.8 Å². The minimum Gasteiger partial charge on any atom is -0.481 e. The van der Waals surface area contributed by atoms with Gasteiger partial charge in [0.05, 0.1) is 12.2 Å². The van der Waals surface area contributed by atoms with Crippen LogP contribution in [0.25, 0.3) is 0 Å². The van der Waals surface area contributed by atoms with Crippen LogP contribution in [0.5, 0.6) is 0 Å². The number of nitrogens with zero attached hydrogens (tertiary/aromatic N) is 1. The molecule has 122 valence electrons. The van der Waals surface area contributed by atoms with Gasteiger partial charge in [0.2, 0.25) is 6.41 Å². The SMILES string of the molecule is C[C@@H](O)[C@@H](C(=O)O)[C@H]1SC([C@H]2CCCO2)=C(C(=O)O)N1C=O. The van der Waals surface area contributed by atoms with Gasteiger partial charge >= 0.3 is 11.9 Å². The largest absolute Gasteiger partial charge is 0.481 e. The van der Waals surface area contributed by atoms with E-state index in [0.717, 1.165) is 23.1 Å². The number of carboxylic acid groups (broad SMARTS) is 2. The molecule has 0 unspecified atom stereocenters. The average molecular weight is 331 g/mol. The highest BCUT2D eigenvalue weighted by molar-refractivity contribution is 8.04. The van der Waals surface area contributed by atoms with E-state index in [-0.39, 0.29) is 5.70 Å². The van der Waals surface area contributed by atoms with Crippen molar-refractivity contribution in [1.82, 2.24) is 4.90 Å². The summed E-state index contributed by atoms with van der Waals surface area (Å²) in [5, 5.41) is 27.4. The fourth-order valence-electron chi connectivity index (χ4n) is 2.65. The summed E-state index contributed by atoms with van der Waals surface area (Å²) in [7, 11) is 0. The molecule has 1 saturated heterocycles. The molecular weight excluding hydrogens is 314 g/mol.